The highest BCUT2D eigenvalue weighted by Gasteiger charge is 2.43. The summed E-state index contributed by atoms with van der Waals surface area (Å²) in [6, 6.07) is 1.94. The summed E-state index contributed by atoms with van der Waals surface area (Å²) in [5.41, 5.74) is 0. The molecule has 0 amide bonds. The van der Waals surface area contributed by atoms with Crippen LogP contribution in [-0.4, -0.2) is 53.3 Å². The summed E-state index contributed by atoms with van der Waals surface area (Å²) < 4.78 is 0. The van der Waals surface area contributed by atoms with Crippen LogP contribution >= 0.6 is 0 Å². The summed E-state index contributed by atoms with van der Waals surface area (Å²) in [5.74, 6) is 0.702. The zero-order valence-electron chi connectivity index (χ0n) is 11.8. The van der Waals surface area contributed by atoms with E-state index in [1.807, 2.05) is 0 Å². The van der Waals surface area contributed by atoms with Crippen LogP contribution < -0.4 is 0 Å². The Hall–Kier alpha value is -0.410. The fraction of sp³-hybridized carbons (Fsp3) is 0.933. The first-order chi connectivity index (χ1) is 8.68. The van der Waals surface area contributed by atoms with Gasteiger partial charge in [0.05, 0.1) is 0 Å². The smallest absolute Gasteiger partial charge is 0.138 e. The average molecular weight is 250 g/mol. The van der Waals surface area contributed by atoms with E-state index in [9.17, 15) is 4.79 Å². The van der Waals surface area contributed by atoms with Gasteiger partial charge in [0.15, 0.2) is 0 Å². The topological polar surface area (TPSA) is 23.6 Å². The molecule has 3 heteroatoms. The molecule has 0 saturated carbocycles. The van der Waals surface area contributed by atoms with Gasteiger partial charge >= 0.3 is 0 Å². The number of likely N-dealkylation sites (tertiary alicyclic amines) is 1. The lowest BCUT2D eigenvalue weighted by atomic mass is 9.87. The fourth-order valence-corrected chi connectivity index (χ4v) is 4.30. The van der Waals surface area contributed by atoms with E-state index >= 15 is 0 Å². The molecule has 3 aliphatic rings. The predicted molar refractivity (Wildman–Crippen MR) is 72.6 cm³/mol. The minimum atomic E-state index is 0.233. The number of hydrogen-bond acceptors (Lipinski definition) is 3. The molecule has 3 aliphatic heterocycles. The molecule has 0 aromatic heterocycles. The second-order valence-corrected chi connectivity index (χ2v) is 6.44. The average Bonchev–Trinajstić information content (AvgIpc) is 2.80. The van der Waals surface area contributed by atoms with Crippen molar-refractivity contribution in [1.82, 2.24) is 9.80 Å². The first-order valence-electron chi connectivity index (χ1n) is 7.71. The van der Waals surface area contributed by atoms with E-state index in [0.717, 1.165) is 25.0 Å². The molecule has 3 nitrogen and oxygen atoms in total. The molecule has 0 aromatic rings. The van der Waals surface area contributed by atoms with E-state index in [1.54, 1.807) is 0 Å². The van der Waals surface area contributed by atoms with Crippen LogP contribution in [0.25, 0.3) is 0 Å². The van der Waals surface area contributed by atoms with Crippen LogP contribution in [0.15, 0.2) is 0 Å². The monoisotopic (exact) mass is 250 g/mol. The summed E-state index contributed by atoms with van der Waals surface area (Å²) in [5, 5.41) is 0. The van der Waals surface area contributed by atoms with Crippen molar-refractivity contribution in [2.24, 2.45) is 5.92 Å². The maximum absolute atomic E-state index is 11.8. The van der Waals surface area contributed by atoms with Crippen molar-refractivity contribution in [2.75, 3.05) is 19.6 Å². The number of nitrogens with zero attached hydrogens (tertiary/aromatic N) is 2. The van der Waals surface area contributed by atoms with Gasteiger partial charge in [-0.25, -0.2) is 0 Å². The Kier molecular flexibility index (Phi) is 3.46. The van der Waals surface area contributed by atoms with E-state index in [0.29, 0.717) is 11.8 Å². The number of hydrogen-bond donors (Lipinski definition) is 0. The molecule has 4 atom stereocenters. The third-order valence-corrected chi connectivity index (χ3v) is 5.62. The zero-order valence-corrected chi connectivity index (χ0v) is 11.8. The first kappa shape index (κ1) is 12.6. The third-order valence-electron chi connectivity index (χ3n) is 5.62. The van der Waals surface area contributed by atoms with Crippen molar-refractivity contribution in [3.8, 4) is 0 Å². The molecule has 0 N–H and O–H groups in total. The molecule has 0 aliphatic carbocycles. The Morgan fingerprint density at radius 2 is 1.83 bits per heavy atom. The Bertz CT molecular complexity index is 330. The summed E-state index contributed by atoms with van der Waals surface area (Å²) in [6.45, 7) is 7.96. The van der Waals surface area contributed by atoms with Gasteiger partial charge < -0.3 is 0 Å². The predicted octanol–water partition coefficient (Wildman–Crippen LogP) is 1.91. The van der Waals surface area contributed by atoms with Crippen LogP contribution in [-0.2, 0) is 4.79 Å². The molecule has 3 rings (SSSR count). The molecule has 102 valence electrons. The Balaban J connectivity index is 1.72. The molecule has 3 fully saturated rings. The van der Waals surface area contributed by atoms with Gasteiger partial charge in [-0.15, -0.1) is 0 Å². The molecule has 3 heterocycles. The van der Waals surface area contributed by atoms with Crippen LogP contribution in [0.1, 0.15) is 46.0 Å². The van der Waals surface area contributed by atoms with Crippen molar-refractivity contribution in [3.63, 3.8) is 0 Å². The van der Waals surface area contributed by atoms with Crippen LogP contribution in [0.3, 0.4) is 0 Å². The molecule has 0 aromatic carbocycles. The normalized spacial score (nSPS) is 43.1. The maximum Gasteiger partial charge on any atom is 0.138 e. The van der Waals surface area contributed by atoms with E-state index < -0.39 is 0 Å². The van der Waals surface area contributed by atoms with Gasteiger partial charge in [0.25, 0.3) is 0 Å². The van der Waals surface area contributed by atoms with Crippen molar-refractivity contribution < 1.29 is 4.79 Å². The number of ketones is 1. The highest BCUT2D eigenvalue weighted by atomic mass is 16.1. The van der Waals surface area contributed by atoms with Crippen LogP contribution in [0.4, 0.5) is 0 Å². The van der Waals surface area contributed by atoms with E-state index in [2.05, 4.69) is 23.6 Å². The largest absolute Gasteiger partial charge is 0.299 e. The van der Waals surface area contributed by atoms with Gasteiger partial charge in [-0.2, -0.15) is 0 Å². The van der Waals surface area contributed by atoms with E-state index in [-0.39, 0.29) is 5.92 Å². The third kappa shape index (κ3) is 2.01. The van der Waals surface area contributed by atoms with E-state index in [1.165, 1.54) is 38.8 Å². The van der Waals surface area contributed by atoms with Crippen molar-refractivity contribution in [3.05, 3.63) is 0 Å². The van der Waals surface area contributed by atoms with Gasteiger partial charge in [-0.1, -0.05) is 13.3 Å². The Morgan fingerprint density at radius 1 is 1.00 bits per heavy atom. The first-order valence-corrected chi connectivity index (χ1v) is 7.71. The van der Waals surface area contributed by atoms with Gasteiger partial charge in [0.2, 0.25) is 0 Å². The van der Waals surface area contributed by atoms with Crippen molar-refractivity contribution in [2.45, 2.75) is 64.1 Å². The summed E-state index contributed by atoms with van der Waals surface area (Å²) in [7, 11) is 0. The maximum atomic E-state index is 11.8. The number of fused-ring (bicyclic) bond motifs is 1. The molecular weight excluding hydrogens is 224 g/mol. The highest BCUT2D eigenvalue weighted by Crippen LogP contribution is 2.34. The van der Waals surface area contributed by atoms with Gasteiger partial charge in [0.1, 0.15) is 5.78 Å². The zero-order chi connectivity index (χ0) is 12.7. The lowest BCUT2D eigenvalue weighted by Crippen LogP contribution is -2.55. The molecule has 4 unspecified atom stereocenters. The SMILES string of the molecule is CC1C(=O)CCN(C2CCN3CCCCC23)C1C. The molecular formula is C15H26N2O. The fourth-order valence-electron chi connectivity index (χ4n) is 4.30. The van der Waals surface area contributed by atoms with Gasteiger partial charge in [-0.05, 0) is 32.7 Å². The molecule has 0 bridgehead atoms. The number of piperidine rings is 2. The van der Waals surface area contributed by atoms with Crippen LogP contribution in [0.2, 0.25) is 0 Å². The Labute approximate surface area is 111 Å². The lowest BCUT2D eigenvalue weighted by molar-refractivity contribution is -0.129. The second-order valence-electron chi connectivity index (χ2n) is 6.44. The Morgan fingerprint density at radius 3 is 2.67 bits per heavy atom. The van der Waals surface area contributed by atoms with Crippen LogP contribution in [0, 0.1) is 5.92 Å². The quantitative estimate of drug-likeness (QED) is 0.710. The summed E-state index contributed by atoms with van der Waals surface area (Å²) in [4.78, 5) is 17.2. The minimum absolute atomic E-state index is 0.233. The van der Waals surface area contributed by atoms with Crippen molar-refractivity contribution in [1.29, 1.82) is 0 Å². The lowest BCUT2D eigenvalue weighted by Gasteiger charge is -2.44. The number of carbonyl (C=O) groups is 1. The molecule has 3 saturated heterocycles. The standard InChI is InChI=1S/C15H26N2O/c1-11-12(2)17(10-7-15(11)18)14-6-9-16-8-4-3-5-13(14)16/h11-14H,3-10H2,1-2H3. The molecule has 0 spiro atoms. The summed E-state index contributed by atoms with van der Waals surface area (Å²) in [6.07, 6.45) is 6.24. The second kappa shape index (κ2) is 4.93. The van der Waals surface area contributed by atoms with Crippen LogP contribution in [0.5, 0.6) is 0 Å². The number of Topliss-reactive ketones (excluding diaryl/α,β-unsaturated/α-hetero) is 1. The van der Waals surface area contributed by atoms with E-state index in [4.69, 9.17) is 0 Å². The number of carbonyl (C=O) groups excluding carboxylic acids is 1. The molecule has 0 radical (unpaired) electrons. The highest BCUT2D eigenvalue weighted by molar-refractivity contribution is 5.82. The van der Waals surface area contributed by atoms with Gasteiger partial charge in [-0.3, -0.25) is 14.6 Å². The minimum Gasteiger partial charge on any atom is -0.299 e. The summed E-state index contributed by atoms with van der Waals surface area (Å²) >= 11 is 0. The van der Waals surface area contributed by atoms with Gasteiger partial charge in [0, 0.05) is 43.6 Å². The molecule has 18 heavy (non-hydrogen) atoms. The number of rotatable bonds is 1. The van der Waals surface area contributed by atoms with Crippen molar-refractivity contribution >= 4 is 5.78 Å².